The molecule has 5 nitrogen and oxygen atoms in total. The van der Waals surface area contributed by atoms with Crippen LogP contribution in [-0.2, 0) is 4.79 Å². The van der Waals surface area contributed by atoms with Crippen LogP contribution in [0, 0.1) is 12.7 Å². The Balaban J connectivity index is -0.00000106. The average molecular weight is 593 g/mol. The highest BCUT2D eigenvalue weighted by molar-refractivity contribution is 7.80. The smallest absolute Gasteiger partial charge is 0.176 e. The van der Waals surface area contributed by atoms with Gasteiger partial charge in [0.05, 0.1) is 5.69 Å². The normalized spacial score (nSPS) is 11.9. The second-order valence-corrected chi connectivity index (χ2v) is 8.42. The van der Waals surface area contributed by atoms with E-state index in [1.54, 1.807) is 31.3 Å². The molecule has 0 fully saturated rings. The third-order valence-electron chi connectivity index (χ3n) is 4.47. The fraction of sp³-hybridized carbons (Fsp3) is 0.406. The summed E-state index contributed by atoms with van der Waals surface area (Å²) in [6.07, 6.45) is 16.6. The van der Waals surface area contributed by atoms with Gasteiger partial charge in [0.15, 0.2) is 17.6 Å². The van der Waals surface area contributed by atoms with E-state index >= 15 is 0 Å². The molecule has 2 N–H and O–H groups in total. The summed E-state index contributed by atoms with van der Waals surface area (Å²) in [6, 6.07) is 4.72. The average Bonchev–Trinajstić information content (AvgIpc) is 2.95. The van der Waals surface area contributed by atoms with Gasteiger partial charge in [-0.1, -0.05) is 83.7 Å². The lowest BCUT2D eigenvalue weighted by Gasteiger charge is -2.18. The molecule has 0 aliphatic heterocycles. The summed E-state index contributed by atoms with van der Waals surface area (Å²) in [5.41, 5.74) is 2.85. The van der Waals surface area contributed by atoms with E-state index in [0.29, 0.717) is 18.6 Å². The Hall–Kier alpha value is -3.03. The van der Waals surface area contributed by atoms with Crippen molar-refractivity contribution in [2.45, 2.75) is 67.5 Å². The fourth-order valence-electron chi connectivity index (χ4n) is 2.60. The molecule has 0 saturated heterocycles. The Morgan fingerprint density at radius 2 is 1.88 bits per heavy atom. The summed E-state index contributed by atoms with van der Waals surface area (Å²) >= 11 is 11.0. The number of thiocarbonyl (C=S) groups is 1. The molecule has 0 saturated carbocycles. The van der Waals surface area contributed by atoms with Crippen LogP contribution in [0.15, 0.2) is 83.6 Å². The minimum atomic E-state index is -0.923. The highest BCUT2D eigenvalue weighted by atomic mass is 35.5. The molecule has 1 rings (SSSR count). The topological polar surface area (TPSA) is 56.7 Å². The van der Waals surface area contributed by atoms with Crippen molar-refractivity contribution in [3.63, 3.8) is 0 Å². The van der Waals surface area contributed by atoms with Gasteiger partial charge < -0.3 is 15.5 Å². The van der Waals surface area contributed by atoms with Crippen LogP contribution in [0.1, 0.15) is 59.9 Å². The van der Waals surface area contributed by atoms with Gasteiger partial charge in [-0.3, -0.25) is 9.79 Å². The number of carbonyl (C=O) groups is 1. The van der Waals surface area contributed by atoms with Crippen LogP contribution in [0.3, 0.4) is 0 Å². The number of halogens is 2. The third-order valence-corrected chi connectivity index (χ3v) is 4.84. The first kappa shape index (κ1) is 41.5. The number of aldehydes is 1. The first-order chi connectivity index (χ1) is 19.2. The second kappa shape index (κ2) is 29.0. The number of benzene rings is 1. The van der Waals surface area contributed by atoms with E-state index in [1.807, 2.05) is 77.9 Å². The van der Waals surface area contributed by atoms with Crippen LogP contribution >= 0.6 is 23.8 Å². The van der Waals surface area contributed by atoms with E-state index in [1.165, 1.54) is 6.07 Å². The van der Waals surface area contributed by atoms with Crippen LogP contribution in [0.5, 0.6) is 0 Å². The molecule has 1 unspecified atom stereocenters. The van der Waals surface area contributed by atoms with Gasteiger partial charge in [-0.05, 0) is 61.8 Å². The number of allylic oxidation sites excluding steroid dienone is 8. The van der Waals surface area contributed by atoms with Crippen molar-refractivity contribution in [2.75, 3.05) is 25.3 Å². The number of nitrogens with zero attached hydrogens (tertiary/aromatic N) is 2. The van der Waals surface area contributed by atoms with E-state index in [-0.39, 0.29) is 10.8 Å². The zero-order valence-electron chi connectivity index (χ0n) is 25.8. The van der Waals surface area contributed by atoms with E-state index in [9.17, 15) is 9.18 Å². The quantitative estimate of drug-likeness (QED) is 0.0835. The number of anilines is 1. The number of hydrogen-bond donors (Lipinski definition) is 2. The van der Waals surface area contributed by atoms with Crippen molar-refractivity contribution in [3.05, 3.63) is 90.0 Å². The minimum absolute atomic E-state index is 0.0883. The second-order valence-electron chi connectivity index (χ2n) is 7.70. The lowest BCUT2D eigenvalue weighted by Crippen LogP contribution is -2.37. The first-order valence-corrected chi connectivity index (χ1v) is 14.5. The monoisotopic (exact) mass is 592 g/mol. The SMILES string of the molecule is C/C=C\C=C/CC.C=C/C=C(\CC(/C=N\C(C=O)NC(=S)Nc1ccc(C)cc1F)=C\CCl)N(C)C.CC.CC. The van der Waals surface area contributed by atoms with Crippen molar-refractivity contribution >= 4 is 47.1 Å². The molecule has 40 heavy (non-hydrogen) atoms. The number of nitrogens with one attached hydrogen (secondary N) is 2. The Morgan fingerprint density at radius 1 is 1.23 bits per heavy atom. The van der Waals surface area contributed by atoms with Crippen molar-refractivity contribution in [3.8, 4) is 0 Å². The fourth-order valence-corrected chi connectivity index (χ4v) is 3.03. The van der Waals surface area contributed by atoms with Gasteiger partial charge in [0.2, 0.25) is 0 Å². The van der Waals surface area contributed by atoms with E-state index in [2.05, 4.69) is 41.3 Å². The molecule has 8 heteroatoms. The Kier molecular flexibility index (Phi) is 30.0. The zero-order chi connectivity index (χ0) is 31.3. The zero-order valence-corrected chi connectivity index (χ0v) is 27.4. The molecule has 224 valence electrons. The summed E-state index contributed by atoms with van der Waals surface area (Å²) in [4.78, 5) is 17.6. The number of aliphatic imine (C=N–C) groups is 1. The van der Waals surface area contributed by atoms with Crippen molar-refractivity contribution in [2.24, 2.45) is 4.99 Å². The first-order valence-electron chi connectivity index (χ1n) is 13.6. The summed E-state index contributed by atoms with van der Waals surface area (Å²) in [7, 11) is 3.85. The van der Waals surface area contributed by atoms with Crippen molar-refractivity contribution in [1.82, 2.24) is 10.2 Å². The Labute approximate surface area is 253 Å². The highest BCUT2D eigenvalue weighted by Crippen LogP contribution is 2.15. The predicted molar refractivity (Wildman–Crippen MR) is 181 cm³/mol. The van der Waals surface area contributed by atoms with Crippen LogP contribution in [0.2, 0.25) is 0 Å². The van der Waals surface area contributed by atoms with E-state index in [4.69, 9.17) is 23.8 Å². The molecule has 1 aromatic carbocycles. The number of aryl methyl sites for hydroxylation is 1. The Bertz CT molecular complexity index is 985. The molecule has 0 spiro atoms. The molecule has 1 atom stereocenters. The summed E-state index contributed by atoms with van der Waals surface area (Å²) < 4.78 is 13.9. The van der Waals surface area contributed by atoms with Gasteiger partial charge >= 0.3 is 0 Å². The minimum Gasteiger partial charge on any atom is -0.381 e. The van der Waals surface area contributed by atoms with Gasteiger partial charge in [-0.2, -0.15) is 0 Å². The standard InChI is InChI=1S/C21H26ClFN4OS.C7H12.2C2H6/c1-5-6-17(27(3)4)12-16(9-10-22)13-24-20(14-28)26-21(29)25-19-8-7-15(2)11-18(19)23;1-3-5-7-6-4-2;2*1-2/h5-9,11,13-14,20H,1,10,12H2,2-4H3,(H2,25,26,29);3,5-7H,4H2,1-2H3;2*1-2H3/b16-9+,17-6+,24-13-;5-3-,7-6-;;. The van der Waals surface area contributed by atoms with Crippen LogP contribution in [0.25, 0.3) is 0 Å². The summed E-state index contributed by atoms with van der Waals surface area (Å²) in [5, 5.41) is 5.56. The number of carbonyl (C=O) groups excluding carboxylic acids is 1. The lowest BCUT2D eigenvalue weighted by atomic mass is 10.1. The molecular weight excluding hydrogens is 543 g/mol. The molecule has 0 amide bonds. The van der Waals surface area contributed by atoms with Gasteiger partial charge in [-0.25, -0.2) is 4.39 Å². The largest absolute Gasteiger partial charge is 0.381 e. The van der Waals surface area contributed by atoms with Gasteiger partial charge in [0, 0.05) is 38.3 Å². The number of rotatable bonds is 12. The maximum Gasteiger partial charge on any atom is 0.176 e. The van der Waals surface area contributed by atoms with E-state index < -0.39 is 12.0 Å². The van der Waals surface area contributed by atoms with Gasteiger partial charge in [0.25, 0.3) is 0 Å². The molecule has 1 aromatic rings. The maximum absolute atomic E-state index is 13.9. The van der Waals surface area contributed by atoms with Crippen LogP contribution in [0.4, 0.5) is 10.1 Å². The molecule has 0 aliphatic carbocycles. The summed E-state index contributed by atoms with van der Waals surface area (Å²) in [6.45, 7) is 17.6. The molecule has 0 aromatic heterocycles. The Morgan fingerprint density at radius 3 is 2.35 bits per heavy atom. The van der Waals surface area contributed by atoms with Crippen molar-refractivity contribution < 1.29 is 9.18 Å². The molecule has 0 heterocycles. The number of alkyl halides is 1. The molecule has 0 bridgehead atoms. The number of hydrogen-bond acceptors (Lipinski definition) is 4. The maximum atomic E-state index is 13.9. The molecule has 0 radical (unpaired) electrons. The van der Waals surface area contributed by atoms with Crippen LogP contribution in [-0.4, -0.2) is 48.7 Å². The van der Waals surface area contributed by atoms with Crippen LogP contribution < -0.4 is 10.6 Å². The third kappa shape index (κ3) is 21.9. The predicted octanol–water partition coefficient (Wildman–Crippen LogP) is 8.78. The highest BCUT2D eigenvalue weighted by Gasteiger charge is 2.10. The van der Waals surface area contributed by atoms with E-state index in [0.717, 1.165) is 23.3 Å². The summed E-state index contributed by atoms with van der Waals surface area (Å²) in [5.74, 6) is -0.125. The van der Waals surface area contributed by atoms with Gasteiger partial charge in [0.1, 0.15) is 5.82 Å². The lowest BCUT2D eigenvalue weighted by molar-refractivity contribution is -0.109. The molecular formula is C32H50ClFN4OS. The van der Waals surface area contributed by atoms with Gasteiger partial charge in [-0.15, -0.1) is 11.6 Å². The molecule has 0 aliphatic rings. The van der Waals surface area contributed by atoms with Crippen molar-refractivity contribution in [1.29, 1.82) is 0 Å².